The Morgan fingerprint density at radius 3 is 2.71 bits per heavy atom. The lowest BCUT2D eigenvalue weighted by Crippen LogP contribution is -2.46. The molecule has 130 valence electrons. The maximum Gasteiger partial charge on any atom is 0.315 e. The van der Waals surface area contributed by atoms with E-state index in [1.54, 1.807) is 17.0 Å². The Labute approximate surface area is 141 Å². The number of piperidine rings is 1. The van der Waals surface area contributed by atoms with Crippen molar-refractivity contribution in [3.8, 4) is 0 Å². The molecule has 0 aliphatic carbocycles. The number of hydrogen-bond acceptors (Lipinski definition) is 4. The van der Waals surface area contributed by atoms with Gasteiger partial charge in [-0.3, -0.25) is 14.4 Å². The minimum Gasteiger partial charge on any atom is -0.354 e. The summed E-state index contributed by atoms with van der Waals surface area (Å²) >= 11 is 0. The van der Waals surface area contributed by atoms with Crippen LogP contribution in [0.15, 0.2) is 18.2 Å². The quantitative estimate of drug-likeness (QED) is 0.816. The van der Waals surface area contributed by atoms with Crippen molar-refractivity contribution in [2.45, 2.75) is 26.7 Å². The van der Waals surface area contributed by atoms with Gasteiger partial charge in [-0.2, -0.15) is 0 Å². The summed E-state index contributed by atoms with van der Waals surface area (Å²) in [6, 6.07) is 4.69. The first-order chi connectivity index (χ1) is 11.4. The van der Waals surface area contributed by atoms with Crippen LogP contribution in [0.5, 0.6) is 0 Å². The molecule has 0 saturated carbocycles. The molecule has 1 atom stereocenters. The molecule has 1 unspecified atom stereocenters. The van der Waals surface area contributed by atoms with Crippen LogP contribution in [-0.2, 0) is 9.59 Å². The van der Waals surface area contributed by atoms with Crippen LogP contribution in [-0.4, -0.2) is 47.7 Å². The fraction of sp³-hybridized carbons (Fsp3) is 0.529. The maximum atomic E-state index is 12.4. The van der Waals surface area contributed by atoms with Gasteiger partial charge >= 0.3 is 11.8 Å². The fourth-order valence-corrected chi connectivity index (χ4v) is 2.81. The second-order valence-corrected chi connectivity index (χ2v) is 6.34. The Bertz CT molecular complexity index is 630. The summed E-state index contributed by atoms with van der Waals surface area (Å²) in [5.41, 5.74) is 0.181. The number of anilines is 1. The smallest absolute Gasteiger partial charge is 0.315 e. The highest BCUT2D eigenvalue weighted by Gasteiger charge is 2.29. The van der Waals surface area contributed by atoms with Crippen LogP contribution < -0.4 is 10.6 Å². The first kappa shape index (κ1) is 17.9. The minimum atomic E-state index is -0.721. The molecule has 24 heavy (non-hydrogen) atoms. The Morgan fingerprint density at radius 1 is 1.29 bits per heavy atom. The third-order valence-electron chi connectivity index (χ3n) is 4.33. The number of nitrogens with zero attached hydrogens (tertiary/aromatic N) is 2. The van der Waals surface area contributed by atoms with Gasteiger partial charge in [0.15, 0.2) is 0 Å². The van der Waals surface area contributed by atoms with Crippen molar-refractivity contribution >= 4 is 23.5 Å². The van der Waals surface area contributed by atoms with E-state index in [2.05, 4.69) is 29.5 Å². The molecule has 7 nitrogen and oxygen atoms in total. The van der Waals surface area contributed by atoms with E-state index in [0.717, 1.165) is 12.8 Å². The normalized spacial score (nSPS) is 17.5. The molecule has 0 aromatic carbocycles. The molecule has 0 bridgehead atoms. The van der Waals surface area contributed by atoms with Crippen LogP contribution in [0.3, 0.4) is 0 Å². The molecule has 0 spiro atoms. The van der Waals surface area contributed by atoms with Gasteiger partial charge in [0.2, 0.25) is 0 Å². The van der Waals surface area contributed by atoms with E-state index in [4.69, 9.17) is 0 Å². The molecule has 1 saturated heterocycles. The van der Waals surface area contributed by atoms with Gasteiger partial charge in [0, 0.05) is 20.1 Å². The molecule has 1 aliphatic rings. The third-order valence-corrected chi connectivity index (χ3v) is 4.33. The standard InChI is InChI=1S/C17H24N4O3/c1-11(2)12-6-5-9-21(10-12)17(24)16(23)20-14-8-4-7-13(19-14)15(22)18-3/h4,7-8,11-12H,5-6,9-10H2,1-3H3,(H,18,22)(H,19,20,23). The Morgan fingerprint density at radius 2 is 2.04 bits per heavy atom. The Balaban J connectivity index is 2.01. The lowest BCUT2D eigenvalue weighted by molar-refractivity contribution is -0.144. The van der Waals surface area contributed by atoms with Crippen LogP contribution in [0, 0.1) is 11.8 Å². The number of rotatable bonds is 3. The van der Waals surface area contributed by atoms with Crippen molar-refractivity contribution in [1.29, 1.82) is 0 Å². The Kier molecular flexibility index (Phi) is 5.89. The number of pyridine rings is 1. The summed E-state index contributed by atoms with van der Waals surface area (Å²) in [5.74, 6) is -0.534. The van der Waals surface area contributed by atoms with Crippen LogP contribution >= 0.6 is 0 Å². The lowest BCUT2D eigenvalue weighted by atomic mass is 9.88. The molecule has 3 amide bonds. The number of carbonyl (C=O) groups is 3. The van der Waals surface area contributed by atoms with Crippen molar-refractivity contribution in [2.75, 3.05) is 25.5 Å². The summed E-state index contributed by atoms with van der Waals surface area (Å²) in [5, 5.41) is 4.94. The monoisotopic (exact) mass is 332 g/mol. The highest BCUT2D eigenvalue weighted by molar-refractivity contribution is 6.39. The van der Waals surface area contributed by atoms with Crippen LogP contribution in [0.25, 0.3) is 0 Å². The van der Waals surface area contributed by atoms with Gasteiger partial charge in [-0.1, -0.05) is 19.9 Å². The third kappa shape index (κ3) is 4.31. The summed E-state index contributed by atoms with van der Waals surface area (Å²) in [6.07, 6.45) is 1.99. The lowest BCUT2D eigenvalue weighted by Gasteiger charge is -2.34. The minimum absolute atomic E-state index is 0.181. The van der Waals surface area contributed by atoms with Crippen LogP contribution in [0.1, 0.15) is 37.2 Å². The molecule has 0 radical (unpaired) electrons. The molecule has 1 fully saturated rings. The first-order valence-corrected chi connectivity index (χ1v) is 8.21. The zero-order valence-corrected chi connectivity index (χ0v) is 14.3. The molecule has 1 aromatic rings. The molecule has 2 heterocycles. The number of carbonyl (C=O) groups excluding carboxylic acids is 3. The van der Waals surface area contributed by atoms with Crippen molar-refractivity contribution in [3.63, 3.8) is 0 Å². The maximum absolute atomic E-state index is 12.4. The van der Waals surface area contributed by atoms with Crippen molar-refractivity contribution in [3.05, 3.63) is 23.9 Å². The SMILES string of the molecule is CNC(=O)c1cccc(NC(=O)C(=O)N2CCCC(C(C)C)C2)n1. The van der Waals surface area contributed by atoms with Crippen LogP contribution in [0.2, 0.25) is 0 Å². The molecular weight excluding hydrogens is 308 g/mol. The first-order valence-electron chi connectivity index (χ1n) is 8.21. The molecule has 7 heteroatoms. The summed E-state index contributed by atoms with van der Waals surface area (Å²) in [6.45, 7) is 5.47. The highest BCUT2D eigenvalue weighted by atomic mass is 16.2. The summed E-state index contributed by atoms with van der Waals surface area (Å²) in [7, 11) is 1.50. The van der Waals surface area contributed by atoms with Crippen molar-refractivity contribution in [1.82, 2.24) is 15.2 Å². The topological polar surface area (TPSA) is 91.4 Å². The van der Waals surface area contributed by atoms with Gasteiger partial charge in [0.1, 0.15) is 11.5 Å². The zero-order chi connectivity index (χ0) is 17.7. The number of amides is 3. The predicted molar refractivity (Wildman–Crippen MR) is 90.4 cm³/mol. The second kappa shape index (κ2) is 7.90. The predicted octanol–water partition coefficient (Wildman–Crippen LogP) is 1.27. The molecule has 2 N–H and O–H groups in total. The Hall–Kier alpha value is -2.44. The largest absolute Gasteiger partial charge is 0.354 e. The second-order valence-electron chi connectivity index (χ2n) is 6.34. The van der Waals surface area contributed by atoms with Gasteiger partial charge in [0.05, 0.1) is 0 Å². The van der Waals surface area contributed by atoms with Gasteiger partial charge < -0.3 is 15.5 Å². The van der Waals surface area contributed by atoms with Gasteiger partial charge in [-0.25, -0.2) is 4.98 Å². The van der Waals surface area contributed by atoms with E-state index < -0.39 is 11.8 Å². The van der Waals surface area contributed by atoms with Gasteiger partial charge in [-0.05, 0) is 36.8 Å². The number of nitrogens with one attached hydrogen (secondary N) is 2. The average Bonchev–Trinajstić information content (AvgIpc) is 2.60. The average molecular weight is 332 g/mol. The summed E-state index contributed by atoms with van der Waals surface area (Å²) in [4.78, 5) is 41.8. The van der Waals surface area contributed by atoms with Gasteiger partial charge in [0.25, 0.3) is 5.91 Å². The van der Waals surface area contributed by atoms with Gasteiger partial charge in [-0.15, -0.1) is 0 Å². The van der Waals surface area contributed by atoms with E-state index in [1.807, 2.05) is 0 Å². The van der Waals surface area contributed by atoms with E-state index in [9.17, 15) is 14.4 Å². The molecule has 1 aromatic heterocycles. The van der Waals surface area contributed by atoms with E-state index in [0.29, 0.717) is 24.9 Å². The number of aromatic nitrogens is 1. The van der Waals surface area contributed by atoms with E-state index in [1.165, 1.54) is 13.1 Å². The fourth-order valence-electron chi connectivity index (χ4n) is 2.81. The van der Waals surface area contributed by atoms with Crippen molar-refractivity contribution in [2.24, 2.45) is 11.8 Å². The summed E-state index contributed by atoms with van der Waals surface area (Å²) < 4.78 is 0. The number of likely N-dealkylation sites (tertiary alicyclic amines) is 1. The van der Waals surface area contributed by atoms with E-state index in [-0.39, 0.29) is 17.4 Å². The highest BCUT2D eigenvalue weighted by Crippen LogP contribution is 2.23. The number of hydrogen-bond donors (Lipinski definition) is 2. The zero-order valence-electron chi connectivity index (χ0n) is 14.3. The molecular formula is C17H24N4O3. The van der Waals surface area contributed by atoms with Crippen molar-refractivity contribution < 1.29 is 14.4 Å². The van der Waals surface area contributed by atoms with Crippen LogP contribution in [0.4, 0.5) is 5.82 Å². The molecule has 2 rings (SSSR count). The van der Waals surface area contributed by atoms with E-state index >= 15 is 0 Å². The molecule has 1 aliphatic heterocycles.